The molecule has 0 aromatic heterocycles. The lowest BCUT2D eigenvalue weighted by atomic mass is 10.1. The number of carbonyl (C=O) groups is 1. The van der Waals surface area contributed by atoms with Crippen molar-refractivity contribution in [2.75, 3.05) is 20.3 Å². The summed E-state index contributed by atoms with van der Waals surface area (Å²) in [5.74, 6) is -0.309. The Morgan fingerprint density at radius 1 is 1.64 bits per heavy atom. The molecule has 4 heteroatoms. The molecule has 0 aromatic carbocycles. The molecule has 11 heavy (non-hydrogen) atoms. The summed E-state index contributed by atoms with van der Waals surface area (Å²) < 4.78 is 0. The standard InChI is InChI=1S/C7H17N3O/c1-3-6(7(9)11)4-10(2)5-8/h6H,3-5,8H2,1-2H3,(H2,9,11). The molecule has 0 aliphatic carbocycles. The summed E-state index contributed by atoms with van der Waals surface area (Å²) in [4.78, 5) is 12.6. The first kappa shape index (κ1) is 10.4. The largest absolute Gasteiger partial charge is 0.369 e. The van der Waals surface area contributed by atoms with Gasteiger partial charge in [-0.1, -0.05) is 6.92 Å². The molecule has 1 amide bonds. The molecule has 0 aliphatic rings. The van der Waals surface area contributed by atoms with E-state index in [4.69, 9.17) is 11.5 Å². The van der Waals surface area contributed by atoms with E-state index >= 15 is 0 Å². The average Bonchev–Trinajstić information content (AvgIpc) is 1.99. The zero-order chi connectivity index (χ0) is 8.85. The van der Waals surface area contributed by atoms with Crippen molar-refractivity contribution in [2.24, 2.45) is 17.4 Å². The van der Waals surface area contributed by atoms with Crippen LogP contribution in [-0.4, -0.2) is 31.1 Å². The third-order valence-corrected chi connectivity index (χ3v) is 1.74. The molecule has 1 unspecified atom stereocenters. The summed E-state index contributed by atoms with van der Waals surface area (Å²) in [6.07, 6.45) is 0.777. The van der Waals surface area contributed by atoms with Gasteiger partial charge in [-0.05, 0) is 13.5 Å². The molecule has 0 aromatic rings. The van der Waals surface area contributed by atoms with E-state index in [2.05, 4.69) is 0 Å². The average molecular weight is 159 g/mol. The maximum Gasteiger partial charge on any atom is 0.221 e. The lowest BCUT2D eigenvalue weighted by Gasteiger charge is -2.18. The summed E-state index contributed by atoms with van der Waals surface area (Å²) in [7, 11) is 1.87. The smallest absolute Gasteiger partial charge is 0.221 e. The van der Waals surface area contributed by atoms with Crippen LogP contribution in [0.4, 0.5) is 0 Å². The Kier molecular flexibility index (Phi) is 4.81. The van der Waals surface area contributed by atoms with E-state index in [1.54, 1.807) is 0 Å². The second kappa shape index (κ2) is 5.09. The Morgan fingerprint density at radius 2 is 2.18 bits per heavy atom. The van der Waals surface area contributed by atoms with Crippen LogP contribution in [0.2, 0.25) is 0 Å². The molecule has 1 atom stereocenters. The van der Waals surface area contributed by atoms with Crippen molar-refractivity contribution >= 4 is 5.91 Å². The molecule has 0 bridgehead atoms. The van der Waals surface area contributed by atoms with Gasteiger partial charge in [0.25, 0.3) is 0 Å². The van der Waals surface area contributed by atoms with E-state index in [-0.39, 0.29) is 11.8 Å². The van der Waals surface area contributed by atoms with Gasteiger partial charge in [0.15, 0.2) is 0 Å². The van der Waals surface area contributed by atoms with Gasteiger partial charge in [-0.3, -0.25) is 9.69 Å². The molecule has 4 nitrogen and oxygen atoms in total. The Labute approximate surface area is 67.5 Å². The lowest BCUT2D eigenvalue weighted by molar-refractivity contribution is -0.122. The predicted molar refractivity (Wildman–Crippen MR) is 44.7 cm³/mol. The SMILES string of the molecule is CCC(CN(C)CN)C(N)=O. The van der Waals surface area contributed by atoms with E-state index in [1.807, 2.05) is 18.9 Å². The fraction of sp³-hybridized carbons (Fsp3) is 0.857. The van der Waals surface area contributed by atoms with Gasteiger partial charge in [-0.15, -0.1) is 0 Å². The molecule has 4 N–H and O–H groups in total. The topological polar surface area (TPSA) is 72.3 Å². The number of hydrogen-bond donors (Lipinski definition) is 2. The lowest BCUT2D eigenvalue weighted by Crippen LogP contribution is -2.36. The molecule has 0 rings (SSSR count). The Bertz CT molecular complexity index is 127. The monoisotopic (exact) mass is 159 g/mol. The highest BCUT2D eigenvalue weighted by Gasteiger charge is 2.13. The summed E-state index contributed by atoms with van der Waals surface area (Å²) in [5.41, 5.74) is 10.5. The van der Waals surface area contributed by atoms with E-state index in [0.29, 0.717) is 13.2 Å². The number of amides is 1. The molecule has 66 valence electrons. The zero-order valence-electron chi connectivity index (χ0n) is 7.21. The van der Waals surface area contributed by atoms with Crippen LogP contribution in [0.15, 0.2) is 0 Å². The first-order chi connectivity index (χ1) is 5.11. The number of nitrogens with zero attached hydrogens (tertiary/aromatic N) is 1. The van der Waals surface area contributed by atoms with Crippen molar-refractivity contribution in [1.29, 1.82) is 0 Å². The van der Waals surface area contributed by atoms with E-state index < -0.39 is 0 Å². The van der Waals surface area contributed by atoms with Crippen LogP contribution >= 0.6 is 0 Å². The van der Waals surface area contributed by atoms with E-state index in [9.17, 15) is 4.79 Å². The van der Waals surface area contributed by atoms with Gasteiger partial charge in [0.2, 0.25) is 5.91 Å². The molecule has 0 saturated carbocycles. The van der Waals surface area contributed by atoms with Gasteiger partial charge in [0.05, 0.1) is 5.92 Å². The molecular formula is C7H17N3O. The first-order valence-corrected chi connectivity index (χ1v) is 3.79. The van der Waals surface area contributed by atoms with Gasteiger partial charge in [-0.25, -0.2) is 0 Å². The second-order valence-electron chi connectivity index (χ2n) is 2.73. The van der Waals surface area contributed by atoms with Gasteiger partial charge in [0, 0.05) is 13.2 Å². The van der Waals surface area contributed by atoms with Crippen LogP contribution in [0.3, 0.4) is 0 Å². The van der Waals surface area contributed by atoms with Crippen molar-refractivity contribution in [3.05, 3.63) is 0 Å². The molecule has 0 heterocycles. The minimum absolute atomic E-state index is 0.0662. The first-order valence-electron chi connectivity index (χ1n) is 3.79. The van der Waals surface area contributed by atoms with Crippen LogP contribution in [-0.2, 0) is 4.79 Å². The molecule has 0 saturated heterocycles. The van der Waals surface area contributed by atoms with Crippen LogP contribution in [0, 0.1) is 5.92 Å². The maximum absolute atomic E-state index is 10.7. The fourth-order valence-electron chi connectivity index (χ4n) is 0.871. The van der Waals surface area contributed by atoms with E-state index in [1.165, 1.54) is 0 Å². The van der Waals surface area contributed by atoms with Crippen molar-refractivity contribution in [1.82, 2.24) is 4.90 Å². The number of rotatable bonds is 5. The minimum atomic E-state index is -0.243. The third-order valence-electron chi connectivity index (χ3n) is 1.74. The van der Waals surface area contributed by atoms with Crippen LogP contribution in [0.1, 0.15) is 13.3 Å². The van der Waals surface area contributed by atoms with Crippen molar-refractivity contribution in [3.8, 4) is 0 Å². The highest BCUT2D eigenvalue weighted by atomic mass is 16.1. The van der Waals surface area contributed by atoms with Crippen LogP contribution < -0.4 is 11.5 Å². The van der Waals surface area contributed by atoms with Gasteiger partial charge in [0.1, 0.15) is 0 Å². The summed E-state index contributed by atoms with van der Waals surface area (Å²) in [5, 5.41) is 0. The van der Waals surface area contributed by atoms with Gasteiger partial charge in [-0.2, -0.15) is 0 Å². The van der Waals surface area contributed by atoms with Crippen molar-refractivity contribution in [2.45, 2.75) is 13.3 Å². The van der Waals surface area contributed by atoms with Gasteiger partial charge >= 0.3 is 0 Å². The number of hydrogen-bond acceptors (Lipinski definition) is 3. The maximum atomic E-state index is 10.7. The molecular weight excluding hydrogens is 142 g/mol. The quantitative estimate of drug-likeness (QED) is 0.523. The summed E-state index contributed by atoms with van der Waals surface area (Å²) in [6, 6.07) is 0. The zero-order valence-corrected chi connectivity index (χ0v) is 7.21. The highest BCUT2D eigenvalue weighted by molar-refractivity contribution is 5.76. The summed E-state index contributed by atoms with van der Waals surface area (Å²) in [6.45, 7) is 3.06. The number of nitrogens with two attached hydrogens (primary N) is 2. The van der Waals surface area contributed by atoms with Crippen LogP contribution in [0.5, 0.6) is 0 Å². The van der Waals surface area contributed by atoms with Gasteiger partial charge < -0.3 is 11.5 Å². The number of primary amides is 1. The van der Waals surface area contributed by atoms with Crippen LogP contribution in [0.25, 0.3) is 0 Å². The Hall–Kier alpha value is -0.610. The Balaban J connectivity index is 3.77. The molecule has 0 aliphatic heterocycles. The summed E-state index contributed by atoms with van der Waals surface area (Å²) >= 11 is 0. The minimum Gasteiger partial charge on any atom is -0.369 e. The molecule has 0 spiro atoms. The predicted octanol–water partition coefficient (Wildman–Crippen LogP) is -0.654. The molecule has 0 fully saturated rings. The fourth-order valence-corrected chi connectivity index (χ4v) is 0.871. The third kappa shape index (κ3) is 3.95. The Morgan fingerprint density at radius 3 is 2.45 bits per heavy atom. The van der Waals surface area contributed by atoms with Crippen molar-refractivity contribution < 1.29 is 4.79 Å². The second-order valence-corrected chi connectivity index (χ2v) is 2.73. The highest BCUT2D eigenvalue weighted by Crippen LogP contribution is 2.02. The molecule has 0 radical (unpaired) electrons. The normalized spacial score (nSPS) is 13.5. The van der Waals surface area contributed by atoms with E-state index in [0.717, 1.165) is 6.42 Å². The van der Waals surface area contributed by atoms with Crippen molar-refractivity contribution in [3.63, 3.8) is 0 Å². The number of carbonyl (C=O) groups excluding carboxylic acids is 1.